The number of hydrogen-bond donors (Lipinski definition) is 1. The van der Waals surface area contributed by atoms with Gasteiger partial charge in [-0.15, -0.1) is 0 Å². The van der Waals surface area contributed by atoms with Gasteiger partial charge in [0, 0.05) is 19.0 Å². The number of aryl methyl sites for hydroxylation is 3. The molecule has 2 aromatic heterocycles. The number of aromatic nitrogens is 4. The summed E-state index contributed by atoms with van der Waals surface area (Å²) in [6.07, 6.45) is 0. The molecule has 8 heteroatoms. The standard InChI is InChI=1S/C26H29N5O3/c1-16-9-10-18(3)19(11-16)15-31-24(32)22-23(28(4)26(31)33)27-25-29(13-17(2)14-30(22)25)20-7-6-8-21(12-20)34-5/h6-12,17H,13-15H2,1-5H3/p+1/t17-/m1/s1. The zero-order valence-corrected chi connectivity index (χ0v) is 20.3. The molecule has 0 saturated carbocycles. The number of nitrogens with zero attached hydrogens (tertiary/aromatic N) is 4. The summed E-state index contributed by atoms with van der Waals surface area (Å²) in [4.78, 5) is 32.6. The lowest BCUT2D eigenvalue weighted by Crippen LogP contribution is -2.52. The van der Waals surface area contributed by atoms with Crippen LogP contribution in [0.15, 0.2) is 52.1 Å². The van der Waals surface area contributed by atoms with E-state index >= 15 is 0 Å². The summed E-state index contributed by atoms with van der Waals surface area (Å²) in [5.41, 5.74) is 4.53. The van der Waals surface area contributed by atoms with Crippen LogP contribution >= 0.6 is 0 Å². The van der Waals surface area contributed by atoms with E-state index < -0.39 is 0 Å². The molecule has 0 bridgehead atoms. The van der Waals surface area contributed by atoms with E-state index in [1.807, 2.05) is 60.9 Å². The quantitative estimate of drug-likeness (QED) is 0.475. The molecule has 3 heterocycles. The molecule has 34 heavy (non-hydrogen) atoms. The number of fused-ring (bicyclic) bond motifs is 3. The Morgan fingerprint density at radius 3 is 2.71 bits per heavy atom. The average Bonchev–Trinajstić information content (AvgIpc) is 3.21. The second kappa shape index (κ2) is 8.20. The first-order chi connectivity index (χ1) is 16.3. The minimum atomic E-state index is -0.335. The summed E-state index contributed by atoms with van der Waals surface area (Å²) in [5, 5.41) is 0. The van der Waals surface area contributed by atoms with Gasteiger partial charge in [0.25, 0.3) is 5.56 Å². The molecule has 0 radical (unpaired) electrons. The molecule has 0 unspecified atom stereocenters. The van der Waals surface area contributed by atoms with Crippen molar-refractivity contribution in [1.29, 1.82) is 0 Å². The lowest BCUT2D eigenvalue weighted by molar-refractivity contribution is -0.669. The summed E-state index contributed by atoms with van der Waals surface area (Å²) in [6, 6.07) is 14.0. The molecular formula is C26H30N5O3+. The van der Waals surface area contributed by atoms with Crippen LogP contribution in [-0.2, 0) is 20.1 Å². The van der Waals surface area contributed by atoms with Gasteiger partial charge in [-0.05, 0) is 37.1 Å². The number of hydrogen-bond acceptors (Lipinski definition) is 4. The number of methoxy groups -OCH3 is 1. The van der Waals surface area contributed by atoms with Crippen molar-refractivity contribution in [3.63, 3.8) is 0 Å². The van der Waals surface area contributed by atoms with Crippen LogP contribution < -0.4 is 25.5 Å². The maximum atomic E-state index is 13.8. The molecule has 176 valence electrons. The van der Waals surface area contributed by atoms with Crippen molar-refractivity contribution < 1.29 is 9.30 Å². The van der Waals surface area contributed by atoms with Crippen molar-refractivity contribution in [2.45, 2.75) is 33.9 Å². The van der Waals surface area contributed by atoms with E-state index in [2.05, 4.69) is 16.8 Å². The maximum absolute atomic E-state index is 13.8. The SMILES string of the molecule is COc1cccc(N2C[C@@H](C)C[n+]3c2[nH]c2c3c(=O)n(Cc3cc(C)ccc3C)c(=O)n2C)c1. The van der Waals surface area contributed by atoms with Gasteiger partial charge in [-0.25, -0.2) is 19.2 Å². The third-order valence-electron chi connectivity index (χ3n) is 6.72. The number of nitrogens with one attached hydrogen (secondary N) is 1. The fraction of sp³-hybridized carbons (Fsp3) is 0.346. The highest BCUT2D eigenvalue weighted by Gasteiger charge is 2.36. The summed E-state index contributed by atoms with van der Waals surface area (Å²) >= 11 is 0. The van der Waals surface area contributed by atoms with Crippen molar-refractivity contribution in [1.82, 2.24) is 14.1 Å². The van der Waals surface area contributed by atoms with Crippen LogP contribution in [0.2, 0.25) is 0 Å². The largest absolute Gasteiger partial charge is 0.497 e. The first-order valence-electron chi connectivity index (χ1n) is 11.5. The highest BCUT2D eigenvalue weighted by Crippen LogP contribution is 2.30. The molecule has 1 aliphatic rings. The topological polar surface area (TPSA) is 76.1 Å². The minimum absolute atomic E-state index is 0.241. The summed E-state index contributed by atoms with van der Waals surface area (Å²) in [6.45, 7) is 7.89. The highest BCUT2D eigenvalue weighted by molar-refractivity contribution is 5.70. The normalized spacial score (nSPS) is 15.6. The van der Waals surface area contributed by atoms with Gasteiger partial charge in [0.2, 0.25) is 11.2 Å². The smallest absolute Gasteiger partial charge is 0.364 e. The number of aromatic amines is 1. The summed E-state index contributed by atoms with van der Waals surface area (Å²) < 4.78 is 10.3. The number of anilines is 2. The minimum Gasteiger partial charge on any atom is -0.497 e. The molecule has 0 aliphatic carbocycles. The fourth-order valence-electron chi connectivity index (χ4n) is 4.86. The van der Waals surface area contributed by atoms with E-state index in [1.54, 1.807) is 18.7 Å². The van der Waals surface area contributed by atoms with Gasteiger partial charge in [0.15, 0.2) is 0 Å². The van der Waals surface area contributed by atoms with E-state index in [-0.39, 0.29) is 17.8 Å². The van der Waals surface area contributed by atoms with Gasteiger partial charge in [-0.2, -0.15) is 0 Å². The molecule has 0 amide bonds. The van der Waals surface area contributed by atoms with Crippen molar-refractivity contribution in [3.05, 3.63) is 80.0 Å². The molecule has 2 aromatic carbocycles. The fourth-order valence-corrected chi connectivity index (χ4v) is 4.86. The molecule has 4 aromatic rings. The van der Waals surface area contributed by atoms with E-state index in [0.717, 1.165) is 40.6 Å². The van der Waals surface area contributed by atoms with E-state index in [0.29, 0.717) is 23.6 Å². The maximum Gasteiger partial charge on any atom is 0.364 e. The van der Waals surface area contributed by atoms with Gasteiger partial charge >= 0.3 is 11.6 Å². The van der Waals surface area contributed by atoms with Crippen molar-refractivity contribution in [2.75, 3.05) is 18.6 Å². The first-order valence-corrected chi connectivity index (χ1v) is 11.5. The Bertz CT molecular complexity index is 1530. The lowest BCUT2D eigenvalue weighted by atomic mass is 10.1. The second-order valence-corrected chi connectivity index (χ2v) is 9.34. The van der Waals surface area contributed by atoms with Crippen molar-refractivity contribution in [2.24, 2.45) is 13.0 Å². The number of imidazole rings is 1. The van der Waals surface area contributed by atoms with Crippen molar-refractivity contribution >= 4 is 22.8 Å². The molecule has 0 fully saturated rings. The van der Waals surface area contributed by atoms with Gasteiger partial charge in [-0.1, -0.05) is 36.8 Å². The Morgan fingerprint density at radius 2 is 1.94 bits per heavy atom. The summed E-state index contributed by atoms with van der Waals surface area (Å²) in [5.74, 6) is 1.85. The van der Waals surface area contributed by atoms with E-state index in [9.17, 15) is 9.59 Å². The van der Waals surface area contributed by atoms with Crippen LogP contribution in [0.5, 0.6) is 5.75 Å². The molecule has 1 N–H and O–H groups in total. The zero-order chi connectivity index (χ0) is 24.1. The molecule has 0 saturated heterocycles. The monoisotopic (exact) mass is 460 g/mol. The van der Waals surface area contributed by atoms with Crippen LogP contribution in [0.3, 0.4) is 0 Å². The van der Waals surface area contributed by atoms with Gasteiger partial charge in [-0.3, -0.25) is 13.9 Å². The Balaban J connectivity index is 1.72. The van der Waals surface area contributed by atoms with E-state index in [4.69, 9.17) is 4.74 Å². The van der Waals surface area contributed by atoms with Crippen LogP contribution in [0.1, 0.15) is 23.6 Å². The Kier molecular flexibility index (Phi) is 5.31. The van der Waals surface area contributed by atoms with Crippen LogP contribution in [0, 0.1) is 19.8 Å². The Labute approximate surface area is 197 Å². The lowest BCUT2D eigenvalue weighted by Gasteiger charge is -2.26. The van der Waals surface area contributed by atoms with Crippen LogP contribution in [0.4, 0.5) is 11.6 Å². The number of ether oxygens (including phenoxy) is 1. The molecule has 8 nitrogen and oxygen atoms in total. The first kappa shape index (κ1) is 22.0. The van der Waals surface area contributed by atoms with Crippen LogP contribution in [-0.4, -0.2) is 27.8 Å². The molecule has 0 spiro atoms. The van der Waals surface area contributed by atoms with E-state index in [1.165, 1.54) is 4.57 Å². The van der Waals surface area contributed by atoms with Gasteiger partial charge in [0.1, 0.15) is 11.4 Å². The highest BCUT2D eigenvalue weighted by atomic mass is 16.5. The molecule has 1 aliphatic heterocycles. The van der Waals surface area contributed by atoms with Crippen molar-refractivity contribution in [3.8, 4) is 5.75 Å². The van der Waals surface area contributed by atoms with Gasteiger partial charge in [0.05, 0.1) is 26.7 Å². The third-order valence-corrected chi connectivity index (χ3v) is 6.72. The number of rotatable bonds is 4. The van der Waals surface area contributed by atoms with Crippen LogP contribution in [0.25, 0.3) is 11.2 Å². The Morgan fingerprint density at radius 1 is 1.15 bits per heavy atom. The molecule has 5 rings (SSSR count). The molecular weight excluding hydrogens is 430 g/mol. The average molecular weight is 461 g/mol. The third kappa shape index (κ3) is 3.50. The zero-order valence-electron chi connectivity index (χ0n) is 20.3. The number of H-pyrrole nitrogens is 1. The Hall–Kier alpha value is -3.81. The summed E-state index contributed by atoms with van der Waals surface area (Å²) in [7, 11) is 3.36. The predicted octanol–water partition coefficient (Wildman–Crippen LogP) is 2.78. The molecule has 1 atom stereocenters. The van der Waals surface area contributed by atoms with Gasteiger partial charge < -0.3 is 4.74 Å². The number of benzene rings is 2. The predicted molar refractivity (Wildman–Crippen MR) is 132 cm³/mol. The second-order valence-electron chi connectivity index (χ2n) is 9.34.